The molecule has 0 unspecified atom stereocenters. The van der Waals surface area contributed by atoms with Crippen molar-refractivity contribution in [1.29, 1.82) is 5.26 Å². The number of amides is 3. The van der Waals surface area contributed by atoms with E-state index in [2.05, 4.69) is 32.0 Å². The zero-order valence-corrected chi connectivity index (χ0v) is 23.2. The van der Waals surface area contributed by atoms with Gasteiger partial charge < -0.3 is 19.9 Å². The highest BCUT2D eigenvalue weighted by molar-refractivity contribution is 5.88. The molecule has 1 aromatic carbocycles. The number of carbonyl (C=O) groups is 3. The first-order valence-electron chi connectivity index (χ1n) is 13.7. The van der Waals surface area contributed by atoms with Gasteiger partial charge in [0.15, 0.2) is 0 Å². The Labute approximate surface area is 232 Å². The fourth-order valence-corrected chi connectivity index (χ4v) is 5.99. The molecule has 5 atom stereocenters. The lowest BCUT2D eigenvalue weighted by atomic mass is 10.0. The van der Waals surface area contributed by atoms with Crippen molar-refractivity contribution in [2.24, 2.45) is 0 Å². The molecule has 13 heteroatoms. The number of hydrogen-bond acceptors (Lipinski definition) is 9. The maximum atomic E-state index is 13.6. The maximum Gasteiger partial charge on any atom is 0.408 e. The molecule has 0 aliphatic carbocycles. The molecule has 2 bridgehead atoms. The number of nitrogens with one attached hydrogen (secondary N) is 2. The third-order valence-electron chi connectivity index (χ3n) is 7.82. The first kappa shape index (κ1) is 27.5. The van der Waals surface area contributed by atoms with Gasteiger partial charge in [-0.1, -0.05) is 24.3 Å². The number of aromatic amines is 1. The molecule has 3 fully saturated rings. The third-order valence-corrected chi connectivity index (χ3v) is 7.82. The lowest BCUT2D eigenvalue weighted by Crippen LogP contribution is -2.59. The van der Waals surface area contributed by atoms with Gasteiger partial charge in [-0.15, -0.1) is 10.2 Å². The molecule has 5 rings (SSSR count). The van der Waals surface area contributed by atoms with Gasteiger partial charge in [-0.05, 0) is 57.7 Å². The van der Waals surface area contributed by atoms with Gasteiger partial charge in [0.1, 0.15) is 17.7 Å². The number of piperazine rings is 1. The summed E-state index contributed by atoms with van der Waals surface area (Å²) in [6.45, 7) is 8.49. The van der Waals surface area contributed by atoms with Gasteiger partial charge in [-0.25, -0.2) is 4.79 Å². The van der Waals surface area contributed by atoms with E-state index in [4.69, 9.17) is 4.74 Å². The largest absolute Gasteiger partial charge is 0.444 e. The van der Waals surface area contributed by atoms with Gasteiger partial charge in [0.2, 0.25) is 17.6 Å². The molecule has 40 heavy (non-hydrogen) atoms. The Kier molecular flexibility index (Phi) is 7.46. The van der Waals surface area contributed by atoms with Crippen molar-refractivity contribution in [3.05, 3.63) is 29.8 Å². The average Bonchev–Trinajstić information content (AvgIpc) is 3.71. The van der Waals surface area contributed by atoms with Crippen LogP contribution in [0.2, 0.25) is 0 Å². The fraction of sp³-hybridized carbons (Fsp3) is 0.593. The third kappa shape index (κ3) is 5.49. The smallest absolute Gasteiger partial charge is 0.408 e. The molecule has 0 radical (unpaired) electrons. The van der Waals surface area contributed by atoms with Crippen LogP contribution in [0.4, 0.5) is 4.79 Å². The highest BCUT2D eigenvalue weighted by Gasteiger charge is 2.52. The number of alkyl carbamates (subject to hydrolysis) is 1. The predicted molar refractivity (Wildman–Crippen MR) is 142 cm³/mol. The van der Waals surface area contributed by atoms with Crippen LogP contribution in [0.15, 0.2) is 24.3 Å². The Morgan fingerprint density at radius 1 is 1.27 bits per heavy atom. The quantitative estimate of drug-likeness (QED) is 0.523. The molecule has 2 N–H and O–H groups in total. The Morgan fingerprint density at radius 2 is 2.02 bits per heavy atom. The first-order valence-corrected chi connectivity index (χ1v) is 13.7. The predicted octanol–water partition coefficient (Wildman–Crippen LogP) is 1.62. The summed E-state index contributed by atoms with van der Waals surface area (Å²) < 4.78 is 5.42. The summed E-state index contributed by atoms with van der Waals surface area (Å²) in [6.07, 6.45) is 1.30. The Hall–Kier alpha value is -4.05. The summed E-state index contributed by atoms with van der Waals surface area (Å²) >= 11 is 0. The second-order valence-corrected chi connectivity index (χ2v) is 11.7. The van der Waals surface area contributed by atoms with Crippen molar-refractivity contribution in [3.63, 3.8) is 0 Å². The number of H-pyrrole nitrogens is 1. The van der Waals surface area contributed by atoms with Crippen LogP contribution in [0.5, 0.6) is 0 Å². The molecule has 4 heterocycles. The van der Waals surface area contributed by atoms with Gasteiger partial charge in [-0.3, -0.25) is 14.5 Å². The summed E-state index contributed by atoms with van der Waals surface area (Å²) in [5.74, 6) is 0.188. The topological polar surface area (TPSA) is 160 Å². The van der Waals surface area contributed by atoms with Crippen molar-refractivity contribution in [2.75, 3.05) is 19.6 Å². The lowest BCUT2D eigenvalue weighted by Gasteiger charge is -2.39. The van der Waals surface area contributed by atoms with Crippen LogP contribution in [0.1, 0.15) is 58.6 Å². The number of ether oxygens (including phenoxy) is 1. The maximum absolute atomic E-state index is 13.6. The number of likely N-dealkylation sites (tertiary alicyclic amines) is 3. The number of benzene rings is 1. The number of nitrogens with zero attached hydrogens (tertiary/aromatic N) is 7. The molecule has 3 saturated heterocycles. The van der Waals surface area contributed by atoms with E-state index in [0.29, 0.717) is 31.8 Å². The molecular weight excluding hydrogens is 514 g/mol. The van der Waals surface area contributed by atoms with Crippen LogP contribution in [-0.4, -0.2) is 103 Å². The van der Waals surface area contributed by atoms with E-state index in [0.717, 1.165) is 17.5 Å². The number of nitriles is 1. The second kappa shape index (κ2) is 10.8. The highest BCUT2D eigenvalue weighted by Crippen LogP contribution is 2.38. The van der Waals surface area contributed by atoms with Gasteiger partial charge in [0, 0.05) is 31.2 Å². The van der Waals surface area contributed by atoms with E-state index in [-0.39, 0.29) is 36.5 Å². The minimum Gasteiger partial charge on any atom is -0.444 e. The molecule has 3 aliphatic rings. The fourth-order valence-electron chi connectivity index (χ4n) is 5.99. The Balaban J connectivity index is 1.27. The van der Waals surface area contributed by atoms with Crippen molar-refractivity contribution in [1.82, 2.24) is 40.6 Å². The molecule has 212 valence electrons. The molecule has 13 nitrogen and oxygen atoms in total. The minimum absolute atomic E-state index is 0.00513. The summed E-state index contributed by atoms with van der Waals surface area (Å²) in [5.41, 5.74) is 1.09. The van der Waals surface area contributed by atoms with Gasteiger partial charge in [0.25, 0.3) is 0 Å². The molecule has 1 aromatic heterocycles. The highest BCUT2D eigenvalue weighted by atomic mass is 16.6. The molecule has 3 amide bonds. The summed E-state index contributed by atoms with van der Waals surface area (Å²) in [4.78, 5) is 45.2. The Bertz CT molecular complexity index is 1280. The number of fused-ring (bicyclic) bond motifs is 2. The van der Waals surface area contributed by atoms with Crippen molar-refractivity contribution < 1.29 is 19.1 Å². The van der Waals surface area contributed by atoms with E-state index >= 15 is 0 Å². The first-order chi connectivity index (χ1) is 19.1. The second-order valence-electron chi connectivity index (χ2n) is 11.7. The van der Waals surface area contributed by atoms with Crippen LogP contribution < -0.4 is 5.32 Å². The number of carbonyl (C=O) groups excluding carboxylic acids is 3. The molecular formula is C27H35N9O4. The number of hydrogen-bond donors (Lipinski definition) is 2. The zero-order valence-electron chi connectivity index (χ0n) is 23.2. The summed E-state index contributed by atoms with van der Waals surface area (Å²) in [6, 6.07) is 7.96. The molecule has 0 spiro atoms. The normalized spacial score (nSPS) is 24.2. The standard InChI is InChI=1S/C27H35N9O4/c1-16(17-7-9-18(10-8-17)23-30-32-33-31-23)36-20-12-22(25(36)38)34(14-20)15-21(29-26(39)40-27(2,3)4)24(37)35-11-5-6-19(35)13-28/h7-10,16,19-22H,5-6,11-12,14-15H2,1-4H3,(H,29,39)(H,30,31,32,33)/t16-,19+,20-,21+,22-/m1/s1. The van der Waals surface area contributed by atoms with Crippen molar-refractivity contribution in [2.45, 2.75) is 82.8 Å². The van der Waals surface area contributed by atoms with Crippen molar-refractivity contribution >= 4 is 17.9 Å². The molecule has 0 saturated carbocycles. The van der Waals surface area contributed by atoms with E-state index in [9.17, 15) is 19.6 Å². The Morgan fingerprint density at radius 3 is 2.65 bits per heavy atom. The van der Waals surface area contributed by atoms with Crippen LogP contribution in [0.25, 0.3) is 11.4 Å². The van der Waals surface area contributed by atoms with Crippen LogP contribution in [-0.2, 0) is 14.3 Å². The van der Waals surface area contributed by atoms with Crippen LogP contribution >= 0.6 is 0 Å². The zero-order chi connectivity index (χ0) is 28.6. The monoisotopic (exact) mass is 549 g/mol. The van der Waals surface area contributed by atoms with E-state index in [1.807, 2.05) is 41.0 Å². The lowest BCUT2D eigenvalue weighted by molar-refractivity contribution is -0.141. The molecule has 2 aromatic rings. The molecule has 3 aliphatic heterocycles. The SMILES string of the molecule is C[C@H](c1ccc(-c2nn[nH]n2)cc1)N1C(=O)[C@H]2C[C@@H]1CN2C[C@H](NC(=O)OC(C)(C)C)C(=O)N1CCC[C@H]1C#N. The van der Waals surface area contributed by atoms with Crippen LogP contribution in [0.3, 0.4) is 0 Å². The van der Waals surface area contributed by atoms with E-state index < -0.39 is 23.8 Å². The summed E-state index contributed by atoms with van der Waals surface area (Å²) in [7, 11) is 0. The van der Waals surface area contributed by atoms with Gasteiger partial charge in [0.05, 0.1) is 18.2 Å². The van der Waals surface area contributed by atoms with Gasteiger partial charge >= 0.3 is 6.09 Å². The minimum atomic E-state index is -0.931. The number of aromatic nitrogens is 4. The average molecular weight is 550 g/mol. The number of rotatable bonds is 7. The van der Waals surface area contributed by atoms with E-state index in [1.54, 1.807) is 20.8 Å². The van der Waals surface area contributed by atoms with Crippen LogP contribution in [0, 0.1) is 11.3 Å². The number of tetrazole rings is 1. The summed E-state index contributed by atoms with van der Waals surface area (Å²) in [5, 5.41) is 26.3. The van der Waals surface area contributed by atoms with Crippen molar-refractivity contribution in [3.8, 4) is 17.5 Å². The van der Waals surface area contributed by atoms with Gasteiger partial charge in [-0.2, -0.15) is 10.5 Å². The van der Waals surface area contributed by atoms with E-state index in [1.165, 1.54) is 4.90 Å².